The van der Waals surface area contributed by atoms with E-state index in [1.54, 1.807) is 0 Å². The van der Waals surface area contributed by atoms with E-state index in [0.717, 1.165) is 30.5 Å². The number of fused-ring (bicyclic) bond motifs is 1. The molecule has 0 radical (unpaired) electrons. The minimum absolute atomic E-state index is 0.0369. The molecule has 0 atom stereocenters. The van der Waals surface area contributed by atoms with E-state index in [1.165, 1.54) is 0 Å². The molecule has 0 spiro atoms. The Bertz CT molecular complexity index is 553. The van der Waals surface area contributed by atoms with E-state index in [1.807, 2.05) is 20.2 Å². The number of likely N-dealkylation sites (N-methyl/N-ethyl adjacent to an activating group) is 1. The first-order valence-electron chi connectivity index (χ1n) is 7.16. The van der Waals surface area contributed by atoms with Crippen LogP contribution in [0.3, 0.4) is 0 Å². The van der Waals surface area contributed by atoms with Crippen molar-refractivity contribution in [2.24, 2.45) is 10.9 Å². The summed E-state index contributed by atoms with van der Waals surface area (Å²) < 4.78 is 5.89. The molecule has 0 bridgehead atoms. The lowest BCUT2D eigenvalue weighted by Gasteiger charge is -2.32. The minimum atomic E-state index is -0.136. The Morgan fingerprint density at radius 3 is 2.81 bits per heavy atom. The van der Waals surface area contributed by atoms with Crippen LogP contribution in [0.5, 0.6) is 5.88 Å². The van der Waals surface area contributed by atoms with Gasteiger partial charge in [0.15, 0.2) is 5.84 Å². The molecule has 0 aromatic carbocycles. The van der Waals surface area contributed by atoms with Gasteiger partial charge in [0.05, 0.1) is 5.56 Å². The second-order valence-corrected chi connectivity index (χ2v) is 6.28. The number of ether oxygens (including phenoxy) is 1. The van der Waals surface area contributed by atoms with Gasteiger partial charge in [-0.15, -0.1) is 0 Å². The number of pyridine rings is 1. The average Bonchev–Trinajstić information content (AvgIpc) is 2.90. The maximum atomic E-state index is 8.95. The first-order valence-corrected chi connectivity index (χ1v) is 7.16. The number of oxime groups is 1. The van der Waals surface area contributed by atoms with Crippen LogP contribution in [0.2, 0.25) is 0 Å². The van der Waals surface area contributed by atoms with Crippen LogP contribution in [0.1, 0.15) is 37.1 Å². The summed E-state index contributed by atoms with van der Waals surface area (Å²) in [6.45, 7) is 4.64. The summed E-state index contributed by atoms with van der Waals surface area (Å²) in [5.74, 6) is 0.482. The molecule has 0 saturated heterocycles. The zero-order chi connectivity index (χ0) is 15.6. The highest BCUT2D eigenvalue weighted by Gasteiger charge is 2.24. The van der Waals surface area contributed by atoms with Gasteiger partial charge in [0.1, 0.15) is 6.61 Å². The maximum absolute atomic E-state index is 8.95. The largest absolute Gasteiger partial charge is 0.475 e. The van der Waals surface area contributed by atoms with Gasteiger partial charge in [-0.1, -0.05) is 5.16 Å². The van der Waals surface area contributed by atoms with E-state index in [2.05, 4.69) is 28.9 Å². The van der Waals surface area contributed by atoms with Crippen LogP contribution in [-0.2, 0) is 12.8 Å². The maximum Gasteiger partial charge on any atom is 0.224 e. The van der Waals surface area contributed by atoms with Gasteiger partial charge in [0.2, 0.25) is 5.88 Å². The van der Waals surface area contributed by atoms with Crippen molar-refractivity contribution in [3.05, 3.63) is 22.9 Å². The molecule has 0 unspecified atom stereocenters. The first-order chi connectivity index (χ1) is 9.85. The molecule has 1 aliphatic carbocycles. The third kappa shape index (κ3) is 3.26. The molecule has 1 aliphatic rings. The summed E-state index contributed by atoms with van der Waals surface area (Å²) in [7, 11) is 4.01. The van der Waals surface area contributed by atoms with Crippen LogP contribution in [0.4, 0.5) is 0 Å². The molecular formula is C15H24N4O2. The number of nitrogens with two attached hydrogens (primary N) is 1. The summed E-state index contributed by atoms with van der Waals surface area (Å²) >= 11 is 0. The smallest absolute Gasteiger partial charge is 0.224 e. The zero-order valence-electron chi connectivity index (χ0n) is 13.2. The molecule has 1 aromatic rings. The summed E-state index contributed by atoms with van der Waals surface area (Å²) in [6.07, 6.45) is 3.03. The first kappa shape index (κ1) is 15.6. The van der Waals surface area contributed by atoms with Gasteiger partial charge >= 0.3 is 0 Å². The normalized spacial score (nSPS) is 15.4. The number of amidine groups is 1. The Morgan fingerprint density at radius 1 is 1.48 bits per heavy atom. The number of rotatable bonds is 5. The Morgan fingerprint density at radius 2 is 2.19 bits per heavy atom. The second-order valence-electron chi connectivity index (χ2n) is 6.28. The van der Waals surface area contributed by atoms with Crippen molar-refractivity contribution in [3.8, 4) is 5.88 Å². The van der Waals surface area contributed by atoms with Crippen LogP contribution in [0, 0.1) is 0 Å². The summed E-state index contributed by atoms with van der Waals surface area (Å²) in [6, 6.07) is 1.93. The summed E-state index contributed by atoms with van der Waals surface area (Å²) in [5.41, 5.74) is 8.41. The van der Waals surface area contributed by atoms with Gasteiger partial charge in [-0.2, -0.15) is 0 Å². The van der Waals surface area contributed by atoms with Crippen LogP contribution in [-0.4, -0.2) is 47.2 Å². The molecule has 0 fully saturated rings. The lowest BCUT2D eigenvalue weighted by molar-refractivity contribution is 0.111. The fourth-order valence-electron chi connectivity index (χ4n) is 2.17. The van der Waals surface area contributed by atoms with Crippen molar-refractivity contribution in [1.29, 1.82) is 0 Å². The Balaban J connectivity index is 2.29. The third-order valence-corrected chi connectivity index (χ3v) is 4.17. The van der Waals surface area contributed by atoms with Crippen molar-refractivity contribution in [2.75, 3.05) is 20.7 Å². The Labute approximate surface area is 125 Å². The van der Waals surface area contributed by atoms with Crippen molar-refractivity contribution in [2.45, 2.75) is 38.6 Å². The van der Waals surface area contributed by atoms with Gasteiger partial charge in [-0.05, 0) is 58.8 Å². The van der Waals surface area contributed by atoms with E-state index < -0.39 is 0 Å². The van der Waals surface area contributed by atoms with Gasteiger partial charge < -0.3 is 20.6 Å². The highest BCUT2D eigenvalue weighted by molar-refractivity contribution is 5.99. The SMILES string of the molecule is CN(C)C(C)(C)COc1nc2c(cc1C(N)=NO)CCC2. The van der Waals surface area contributed by atoms with E-state index in [-0.39, 0.29) is 11.4 Å². The van der Waals surface area contributed by atoms with Crippen LogP contribution in [0.15, 0.2) is 11.2 Å². The summed E-state index contributed by atoms with van der Waals surface area (Å²) in [4.78, 5) is 6.66. The molecule has 3 N–H and O–H groups in total. The second kappa shape index (κ2) is 5.89. The zero-order valence-corrected chi connectivity index (χ0v) is 13.2. The molecule has 0 aliphatic heterocycles. The fraction of sp³-hybridized carbons (Fsp3) is 0.600. The van der Waals surface area contributed by atoms with Crippen LogP contribution < -0.4 is 10.5 Å². The van der Waals surface area contributed by atoms with Crippen LogP contribution >= 0.6 is 0 Å². The predicted molar refractivity (Wildman–Crippen MR) is 82.0 cm³/mol. The number of aromatic nitrogens is 1. The van der Waals surface area contributed by atoms with E-state index >= 15 is 0 Å². The number of hydrogen-bond donors (Lipinski definition) is 2. The van der Waals surface area contributed by atoms with Crippen molar-refractivity contribution in [3.63, 3.8) is 0 Å². The molecule has 21 heavy (non-hydrogen) atoms. The van der Waals surface area contributed by atoms with Crippen molar-refractivity contribution in [1.82, 2.24) is 9.88 Å². The van der Waals surface area contributed by atoms with Crippen molar-refractivity contribution < 1.29 is 9.94 Å². The highest BCUT2D eigenvalue weighted by Crippen LogP contribution is 2.27. The van der Waals surface area contributed by atoms with E-state index in [0.29, 0.717) is 18.1 Å². The molecule has 1 heterocycles. The monoisotopic (exact) mass is 292 g/mol. The van der Waals surface area contributed by atoms with Gasteiger partial charge in [0, 0.05) is 11.2 Å². The van der Waals surface area contributed by atoms with E-state index in [4.69, 9.17) is 15.7 Å². The van der Waals surface area contributed by atoms with Gasteiger partial charge in [-0.25, -0.2) is 4.98 Å². The lowest BCUT2D eigenvalue weighted by atomic mass is 10.1. The number of nitrogens with zero attached hydrogens (tertiary/aromatic N) is 3. The predicted octanol–water partition coefficient (Wildman–Crippen LogP) is 1.38. The quantitative estimate of drug-likeness (QED) is 0.371. The van der Waals surface area contributed by atoms with Gasteiger partial charge in [-0.3, -0.25) is 0 Å². The van der Waals surface area contributed by atoms with Gasteiger partial charge in [0.25, 0.3) is 0 Å². The molecule has 2 rings (SSSR count). The summed E-state index contributed by atoms with van der Waals surface area (Å²) in [5, 5.41) is 12.0. The number of hydrogen-bond acceptors (Lipinski definition) is 5. The number of aryl methyl sites for hydroxylation is 2. The topological polar surface area (TPSA) is 84.0 Å². The van der Waals surface area contributed by atoms with Crippen LogP contribution in [0.25, 0.3) is 0 Å². The fourth-order valence-corrected chi connectivity index (χ4v) is 2.17. The standard InChI is InChI=1S/C15H24N4O2/c1-15(2,19(3)4)9-21-14-11(13(16)18-20)8-10-6-5-7-12(10)17-14/h8,20H,5-7,9H2,1-4H3,(H2,16,18). The molecule has 1 aromatic heterocycles. The minimum Gasteiger partial charge on any atom is -0.475 e. The molecule has 6 heteroatoms. The molecule has 6 nitrogen and oxygen atoms in total. The van der Waals surface area contributed by atoms with E-state index in [9.17, 15) is 0 Å². The Hall–Kier alpha value is -1.82. The molecule has 116 valence electrons. The lowest BCUT2D eigenvalue weighted by Crippen LogP contribution is -2.43. The van der Waals surface area contributed by atoms with Crippen molar-refractivity contribution >= 4 is 5.84 Å². The molecule has 0 saturated carbocycles. The average molecular weight is 292 g/mol. The Kier molecular flexibility index (Phi) is 4.37. The molecule has 0 amide bonds. The molecular weight excluding hydrogens is 268 g/mol. The highest BCUT2D eigenvalue weighted by atomic mass is 16.5. The third-order valence-electron chi connectivity index (χ3n) is 4.17.